The lowest BCUT2D eigenvalue weighted by Crippen LogP contribution is -2.29. The number of tetrazole rings is 1. The summed E-state index contributed by atoms with van der Waals surface area (Å²) in [6.07, 6.45) is 1.83. The van der Waals surface area contributed by atoms with E-state index in [4.69, 9.17) is 9.47 Å². The average Bonchev–Trinajstić information content (AvgIpc) is 2.86. The minimum Gasteiger partial charge on any atom is -0.496 e. The summed E-state index contributed by atoms with van der Waals surface area (Å²) in [5.74, 6) is 1.72. The van der Waals surface area contributed by atoms with Crippen molar-refractivity contribution in [3.8, 4) is 5.75 Å². The monoisotopic (exact) mass is 303 g/mol. The van der Waals surface area contributed by atoms with Gasteiger partial charge in [-0.2, -0.15) is 0 Å². The second kappa shape index (κ2) is 7.22. The summed E-state index contributed by atoms with van der Waals surface area (Å²) in [5, 5.41) is 12.1. The Morgan fingerprint density at radius 3 is 3.05 bits per heavy atom. The molecule has 0 unspecified atom stereocenters. The van der Waals surface area contributed by atoms with Gasteiger partial charge >= 0.3 is 0 Å². The molecular weight excluding hydrogens is 282 g/mol. The number of hydrogen-bond acceptors (Lipinski definition) is 6. The first-order valence-electron chi connectivity index (χ1n) is 7.59. The van der Waals surface area contributed by atoms with Crippen LogP contribution in [0.2, 0.25) is 0 Å². The van der Waals surface area contributed by atoms with E-state index in [0.717, 1.165) is 63.0 Å². The number of para-hydroxylation sites is 1. The molecule has 0 amide bonds. The van der Waals surface area contributed by atoms with E-state index in [9.17, 15) is 0 Å². The number of ether oxygens (including phenoxy) is 2. The summed E-state index contributed by atoms with van der Waals surface area (Å²) in [5.41, 5.74) is 1.16. The van der Waals surface area contributed by atoms with Crippen LogP contribution >= 0.6 is 0 Å². The van der Waals surface area contributed by atoms with Gasteiger partial charge < -0.3 is 14.4 Å². The maximum Gasteiger partial charge on any atom is 0.245 e. The van der Waals surface area contributed by atoms with Gasteiger partial charge in [-0.3, -0.25) is 0 Å². The first kappa shape index (κ1) is 14.8. The maximum atomic E-state index is 5.49. The van der Waals surface area contributed by atoms with Crippen LogP contribution in [0.4, 0.5) is 5.95 Å². The summed E-state index contributed by atoms with van der Waals surface area (Å²) in [6, 6.07) is 8.04. The van der Waals surface area contributed by atoms with Crippen molar-refractivity contribution in [3.05, 3.63) is 29.8 Å². The van der Waals surface area contributed by atoms with Gasteiger partial charge in [-0.15, -0.1) is 0 Å². The normalized spacial score (nSPS) is 15.6. The zero-order valence-electron chi connectivity index (χ0n) is 12.8. The summed E-state index contributed by atoms with van der Waals surface area (Å²) in [7, 11) is 1.69. The molecule has 118 valence electrons. The van der Waals surface area contributed by atoms with Gasteiger partial charge in [0.15, 0.2) is 0 Å². The van der Waals surface area contributed by atoms with Gasteiger partial charge in [-0.1, -0.05) is 23.3 Å². The van der Waals surface area contributed by atoms with Gasteiger partial charge in [0.25, 0.3) is 0 Å². The minimum atomic E-state index is 0.722. The highest BCUT2D eigenvalue weighted by atomic mass is 16.5. The quantitative estimate of drug-likeness (QED) is 0.825. The number of rotatable bonds is 5. The lowest BCUT2D eigenvalue weighted by atomic mass is 10.1. The largest absolute Gasteiger partial charge is 0.496 e. The maximum absolute atomic E-state index is 5.49. The molecule has 0 spiro atoms. The summed E-state index contributed by atoms with van der Waals surface area (Å²) >= 11 is 0. The van der Waals surface area contributed by atoms with E-state index in [0.29, 0.717) is 0 Å². The molecule has 22 heavy (non-hydrogen) atoms. The molecule has 2 heterocycles. The third kappa shape index (κ3) is 3.36. The van der Waals surface area contributed by atoms with E-state index >= 15 is 0 Å². The van der Waals surface area contributed by atoms with Crippen LogP contribution in [0.1, 0.15) is 12.0 Å². The van der Waals surface area contributed by atoms with Crippen molar-refractivity contribution < 1.29 is 9.47 Å². The first-order chi connectivity index (χ1) is 10.9. The van der Waals surface area contributed by atoms with Gasteiger partial charge in [0.2, 0.25) is 5.95 Å². The molecule has 7 heteroatoms. The van der Waals surface area contributed by atoms with Crippen LogP contribution in [0.25, 0.3) is 0 Å². The van der Waals surface area contributed by atoms with Crippen molar-refractivity contribution in [2.45, 2.75) is 19.4 Å². The van der Waals surface area contributed by atoms with Gasteiger partial charge in [0, 0.05) is 19.7 Å². The van der Waals surface area contributed by atoms with Gasteiger partial charge in [0.05, 0.1) is 20.3 Å². The van der Waals surface area contributed by atoms with Crippen LogP contribution in [0.15, 0.2) is 24.3 Å². The Kier molecular flexibility index (Phi) is 4.85. The second-order valence-electron chi connectivity index (χ2n) is 5.22. The number of aryl methyl sites for hydroxylation is 2. The zero-order chi connectivity index (χ0) is 15.2. The molecule has 0 N–H and O–H groups in total. The Labute approximate surface area is 129 Å². The predicted molar refractivity (Wildman–Crippen MR) is 82.2 cm³/mol. The van der Waals surface area contributed by atoms with Crippen molar-refractivity contribution >= 4 is 5.95 Å². The third-order valence-corrected chi connectivity index (χ3v) is 3.80. The highest BCUT2D eigenvalue weighted by Gasteiger charge is 2.17. The van der Waals surface area contributed by atoms with Crippen LogP contribution in [0, 0.1) is 0 Å². The lowest BCUT2D eigenvalue weighted by molar-refractivity contribution is 0.152. The molecule has 2 aromatic rings. The molecule has 1 aliphatic rings. The fraction of sp³-hybridized carbons (Fsp3) is 0.533. The van der Waals surface area contributed by atoms with Crippen molar-refractivity contribution in [3.63, 3.8) is 0 Å². The van der Waals surface area contributed by atoms with Gasteiger partial charge in [-0.25, -0.2) is 4.68 Å². The van der Waals surface area contributed by atoms with E-state index in [-0.39, 0.29) is 0 Å². The van der Waals surface area contributed by atoms with Gasteiger partial charge in [-0.05, 0) is 34.9 Å². The number of methoxy groups -OCH3 is 1. The molecule has 1 aliphatic heterocycles. The molecule has 1 aromatic heterocycles. The van der Waals surface area contributed by atoms with Gasteiger partial charge in [0.1, 0.15) is 5.75 Å². The van der Waals surface area contributed by atoms with Crippen LogP contribution in [-0.2, 0) is 17.7 Å². The Morgan fingerprint density at radius 1 is 1.23 bits per heavy atom. The minimum absolute atomic E-state index is 0.722. The van der Waals surface area contributed by atoms with E-state index in [2.05, 4.69) is 26.5 Å². The van der Waals surface area contributed by atoms with Crippen LogP contribution in [-0.4, -0.2) is 53.6 Å². The lowest BCUT2D eigenvalue weighted by Gasteiger charge is -2.20. The molecule has 0 saturated carbocycles. The molecule has 0 bridgehead atoms. The number of aromatic nitrogens is 4. The SMILES string of the molecule is COc1ccccc1CCn1nnnc1N1CCCOCC1. The molecule has 7 nitrogen and oxygen atoms in total. The zero-order valence-corrected chi connectivity index (χ0v) is 12.8. The number of benzene rings is 1. The first-order valence-corrected chi connectivity index (χ1v) is 7.59. The van der Waals surface area contributed by atoms with E-state index in [1.54, 1.807) is 7.11 Å². The highest BCUT2D eigenvalue weighted by Crippen LogP contribution is 2.19. The predicted octanol–water partition coefficient (Wildman–Crippen LogP) is 1.15. The smallest absolute Gasteiger partial charge is 0.245 e. The fourth-order valence-electron chi connectivity index (χ4n) is 2.65. The molecule has 1 saturated heterocycles. The Morgan fingerprint density at radius 2 is 2.14 bits per heavy atom. The van der Waals surface area contributed by atoms with Crippen LogP contribution in [0.3, 0.4) is 0 Å². The highest BCUT2D eigenvalue weighted by molar-refractivity contribution is 5.34. The number of nitrogens with zero attached hydrogens (tertiary/aromatic N) is 5. The second-order valence-corrected chi connectivity index (χ2v) is 5.22. The average molecular weight is 303 g/mol. The van der Waals surface area contributed by atoms with E-state index < -0.39 is 0 Å². The third-order valence-electron chi connectivity index (χ3n) is 3.80. The van der Waals surface area contributed by atoms with E-state index in [1.807, 2.05) is 22.9 Å². The Balaban J connectivity index is 1.69. The molecule has 1 aromatic carbocycles. The number of hydrogen-bond donors (Lipinski definition) is 0. The van der Waals surface area contributed by atoms with E-state index in [1.165, 1.54) is 0 Å². The summed E-state index contributed by atoms with van der Waals surface area (Å²) < 4.78 is 12.7. The summed E-state index contributed by atoms with van der Waals surface area (Å²) in [6.45, 7) is 4.00. The van der Waals surface area contributed by atoms with Crippen molar-refractivity contribution in [2.24, 2.45) is 0 Å². The molecule has 3 rings (SSSR count). The standard InChI is InChI=1S/C15H21N5O2/c1-21-14-6-3-2-5-13(14)7-9-20-15(16-17-18-20)19-8-4-11-22-12-10-19/h2-3,5-6H,4,7-12H2,1H3. The van der Waals surface area contributed by atoms with Crippen molar-refractivity contribution in [1.29, 1.82) is 0 Å². The summed E-state index contributed by atoms with van der Waals surface area (Å²) in [4.78, 5) is 2.19. The topological polar surface area (TPSA) is 65.3 Å². The van der Waals surface area contributed by atoms with Crippen molar-refractivity contribution in [1.82, 2.24) is 20.2 Å². The Hall–Kier alpha value is -2.15. The molecule has 1 fully saturated rings. The van der Waals surface area contributed by atoms with Crippen LogP contribution in [0.5, 0.6) is 5.75 Å². The van der Waals surface area contributed by atoms with Crippen LogP contribution < -0.4 is 9.64 Å². The molecule has 0 radical (unpaired) electrons. The number of anilines is 1. The fourth-order valence-corrected chi connectivity index (χ4v) is 2.65. The van der Waals surface area contributed by atoms with Crippen molar-refractivity contribution in [2.75, 3.05) is 38.3 Å². The molecular formula is C15H21N5O2. The molecule has 0 aliphatic carbocycles. The Bertz CT molecular complexity index is 593. The molecule has 0 atom stereocenters.